The van der Waals surface area contributed by atoms with Crippen molar-refractivity contribution in [1.82, 2.24) is 9.97 Å². The van der Waals surface area contributed by atoms with Crippen molar-refractivity contribution in [3.05, 3.63) is 24.5 Å². The number of allylic oxidation sites excluding steroid dienone is 1. The fourth-order valence-corrected chi connectivity index (χ4v) is 1.26. The summed E-state index contributed by atoms with van der Waals surface area (Å²) in [6.45, 7) is 6.29. The number of ether oxygens (including phenoxy) is 1. The quantitative estimate of drug-likeness (QED) is 0.572. The van der Waals surface area contributed by atoms with Crippen molar-refractivity contribution in [2.45, 2.75) is 26.2 Å². The molecule has 0 saturated carbocycles. The number of unbranched alkanes of at least 4 members (excludes halogenated alkanes) is 1. The van der Waals surface area contributed by atoms with Crippen LogP contribution in [0, 0.1) is 0 Å². The highest BCUT2D eigenvalue weighted by Crippen LogP contribution is 2.19. The molecule has 1 rings (SSSR count). The molecule has 0 aromatic carbocycles. The standard InChI is InChI=1S/C11H17N3O/c1-3-5-6-7-15-11-9(4-2)10(12)13-8-14-11/h3,8H,1,4-7H2,2H3,(H2,12,13,14). The van der Waals surface area contributed by atoms with Gasteiger partial charge in [-0.25, -0.2) is 9.97 Å². The Kier molecular flexibility index (Phi) is 4.60. The largest absolute Gasteiger partial charge is 0.477 e. The molecule has 82 valence electrons. The summed E-state index contributed by atoms with van der Waals surface area (Å²) in [4.78, 5) is 7.99. The zero-order valence-corrected chi connectivity index (χ0v) is 9.07. The Bertz CT molecular complexity index is 326. The van der Waals surface area contributed by atoms with Gasteiger partial charge in [-0.15, -0.1) is 6.58 Å². The molecule has 0 radical (unpaired) electrons. The van der Waals surface area contributed by atoms with Gasteiger partial charge in [0, 0.05) is 0 Å². The predicted molar refractivity (Wildman–Crippen MR) is 60.7 cm³/mol. The SMILES string of the molecule is C=CCCCOc1ncnc(N)c1CC. The first-order valence-electron chi connectivity index (χ1n) is 5.12. The number of nitrogens with two attached hydrogens (primary N) is 1. The lowest BCUT2D eigenvalue weighted by Gasteiger charge is -2.09. The summed E-state index contributed by atoms with van der Waals surface area (Å²) in [5.41, 5.74) is 6.60. The van der Waals surface area contributed by atoms with Crippen LogP contribution >= 0.6 is 0 Å². The molecule has 4 nitrogen and oxygen atoms in total. The Balaban J connectivity index is 2.59. The van der Waals surface area contributed by atoms with Gasteiger partial charge in [-0.05, 0) is 19.3 Å². The van der Waals surface area contributed by atoms with Crippen LogP contribution in [-0.2, 0) is 6.42 Å². The van der Waals surface area contributed by atoms with Crippen LogP contribution in [0.25, 0.3) is 0 Å². The molecule has 0 aliphatic carbocycles. The summed E-state index contributed by atoms with van der Waals surface area (Å²) in [7, 11) is 0. The Morgan fingerprint density at radius 3 is 3.00 bits per heavy atom. The van der Waals surface area contributed by atoms with Gasteiger partial charge in [-0.1, -0.05) is 13.0 Å². The first-order valence-corrected chi connectivity index (χ1v) is 5.12. The topological polar surface area (TPSA) is 61.0 Å². The lowest BCUT2D eigenvalue weighted by atomic mass is 10.2. The molecule has 0 atom stereocenters. The predicted octanol–water partition coefficient (Wildman–Crippen LogP) is 1.97. The highest BCUT2D eigenvalue weighted by atomic mass is 16.5. The van der Waals surface area contributed by atoms with Gasteiger partial charge in [0.1, 0.15) is 12.1 Å². The molecule has 15 heavy (non-hydrogen) atoms. The minimum absolute atomic E-state index is 0.506. The fraction of sp³-hybridized carbons (Fsp3) is 0.455. The average molecular weight is 207 g/mol. The third kappa shape index (κ3) is 3.23. The van der Waals surface area contributed by atoms with Crippen molar-refractivity contribution in [3.8, 4) is 5.88 Å². The molecule has 0 fully saturated rings. The van der Waals surface area contributed by atoms with Gasteiger partial charge in [-0.3, -0.25) is 0 Å². The van der Waals surface area contributed by atoms with Crippen molar-refractivity contribution in [3.63, 3.8) is 0 Å². The zero-order chi connectivity index (χ0) is 11.1. The molecule has 0 aliphatic rings. The van der Waals surface area contributed by atoms with E-state index >= 15 is 0 Å². The van der Waals surface area contributed by atoms with Crippen LogP contribution < -0.4 is 10.5 Å². The molecule has 0 bridgehead atoms. The summed E-state index contributed by atoms with van der Waals surface area (Å²) in [5.74, 6) is 1.11. The number of hydrogen-bond donors (Lipinski definition) is 1. The van der Waals surface area contributed by atoms with Crippen LogP contribution in [0.1, 0.15) is 25.3 Å². The van der Waals surface area contributed by atoms with Gasteiger partial charge in [0.15, 0.2) is 0 Å². The molecule has 1 aromatic heterocycles. The maximum Gasteiger partial charge on any atom is 0.221 e. The van der Waals surface area contributed by atoms with Gasteiger partial charge in [0.05, 0.1) is 12.2 Å². The molecule has 0 saturated heterocycles. The molecule has 2 N–H and O–H groups in total. The number of hydrogen-bond acceptors (Lipinski definition) is 4. The first-order chi connectivity index (χ1) is 7.29. The van der Waals surface area contributed by atoms with Crippen molar-refractivity contribution >= 4 is 5.82 Å². The summed E-state index contributed by atoms with van der Waals surface area (Å²) in [6, 6.07) is 0. The normalized spacial score (nSPS) is 9.93. The van der Waals surface area contributed by atoms with E-state index in [0.29, 0.717) is 18.3 Å². The molecule has 0 spiro atoms. The van der Waals surface area contributed by atoms with Crippen molar-refractivity contribution in [1.29, 1.82) is 0 Å². The minimum atomic E-state index is 0.506. The third-order valence-corrected chi connectivity index (χ3v) is 2.08. The molecule has 1 aromatic rings. The highest BCUT2D eigenvalue weighted by Gasteiger charge is 2.07. The first kappa shape index (κ1) is 11.5. The van der Waals surface area contributed by atoms with E-state index in [9.17, 15) is 0 Å². The van der Waals surface area contributed by atoms with E-state index in [-0.39, 0.29) is 0 Å². The number of aromatic nitrogens is 2. The van der Waals surface area contributed by atoms with Crippen molar-refractivity contribution in [2.24, 2.45) is 0 Å². The molecule has 0 unspecified atom stereocenters. The number of anilines is 1. The van der Waals surface area contributed by atoms with E-state index in [1.54, 1.807) is 0 Å². The highest BCUT2D eigenvalue weighted by molar-refractivity contribution is 5.44. The van der Waals surface area contributed by atoms with Crippen molar-refractivity contribution in [2.75, 3.05) is 12.3 Å². The second-order valence-electron chi connectivity index (χ2n) is 3.18. The van der Waals surface area contributed by atoms with Crippen LogP contribution in [0.5, 0.6) is 5.88 Å². The van der Waals surface area contributed by atoms with Crippen LogP contribution in [-0.4, -0.2) is 16.6 Å². The van der Waals surface area contributed by atoms with Crippen molar-refractivity contribution < 1.29 is 4.74 Å². The van der Waals surface area contributed by atoms with E-state index in [2.05, 4.69) is 16.5 Å². The zero-order valence-electron chi connectivity index (χ0n) is 9.07. The van der Waals surface area contributed by atoms with E-state index < -0.39 is 0 Å². The third-order valence-electron chi connectivity index (χ3n) is 2.08. The summed E-state index contributed by atoms with van der Waals surface area (Å²) < 4.78 is 5.53. The second-order valence-corrected chi connectivity index (χ2v) is 3.18. The lowest BCUT2D eigenvalue weighted by Crippen LogP contribution is -2.05. The summed E-state index contributed by atoms with van der Waals surface area (Å²) in [6.07, 6.45) is 5.97. The number of nitrogens with zero attached hydrogens (tertiary/aromatic N) is 2. The lowest BCUT2D eigenvalue weighted by molar-refractivity contribution is 0.297. The molecular weight excluding hydrogens is 190 g/mol. The van der Waals surface area contributed by atoms with E-state index in [4.69, 9.17) is 10.5 Å². The number of nitrogen functional groups attached to an aromatic ring is 1. The molecule has 0 amide bonds. The van der Waals surface area contributed by atoms with Gasteiger partial charge in [0.2, 0.25) is 5.88 Å². The minimum Gasteiger partial charge on any atom is -0.477 e. The van der Waals surface area contributed by atoms with E-state index in [1.165, 1.54) is 6.33 Å². The van der Waals surface area contributed by atoms with Gasteiger partial charge in [0.25, 0.3) is 0 Å². The maximum atomic E-state index is 5.72. The summed E-state index contributed by atoms with van der Waals surface area (Å²) in [5, 5.41) is 0. The Morgan fingerprint density at radius 1 is 1.53 bits per heavy atom. The molecule has 1 heterocycles. The van der Waals surface area contributed by atoms with Gasteiger partial charge < -0.3 is 10.5 Å². The van der Waals surface area contributed by atoms with Gasteiger partial charge in [-0.2, -0.15) is 0 Å². The Hall–Kier alpha value is -1.58. The number of rotatable bonds is 6. The maximum absolute atomic E-state index is 5.72. The smallest absolute Gasteiger partial charge is 0.221 e. The van der Waals surface area contributed by atoms with Crippen LogP contribution in [0.15, 0.2) is 19.0 Å². The molecule has 0 aliphatic heterocycles. The van der Waals surface area contributed by atoms with E-state index in [1.807, 2.05) is 13.0 Å². The van der Waals surface area contributed by atoms with Crippen LogP contribution in [0.3, 0.4) is 0 Å². The van der Waals surface area contributed by atoms with Crippen LogP contribution in [0.4, 0.5) is 5.82 Å². The molecular formula is C11H17N3O. The monoisotopic (exact) mass is 207 g/mol. The Morgan fingerprint density at radius 2 is 2.33 bits per heavy atom. The average Bonchev–Trinajstić information content (AvgIpc) is 2.24. The van der Waals surface area contributed by atoms with Crippen LogP contribution in [0.2, 0.25) is 0 Å². The second kappa shape index (κ2) is 6.01. The Labute approximate surface area is 90.2 Å². The van der Waals surface area contributed by atoms with E-state index in [0.717, 1.165) is 24.8 Å². The fourth-order valence-electron chi connectivity index (χ4n) is 1.26. The van der Waals surface area contributed by atoms with Gasteiger partial charge >= 0.3 is 0 Å². The summed E-state index contributed by atoms with van der Waals surface area (Å²) >= 11 is 0. The molecule has 4 heteroatoms.